The number of benzene rings is 1. The average molecular weight is 238 g/mol. The van der Waals surface area contributed by atoms with Gasteiger partial charge in [0.15, 0.2) is 0 Å². The van der Waals surface area contributed by atoms with Crippen LogP contribution in [0.1, 0.15) is 36.5 Å². The standard InChI is InChI=1S/C14H16F2O/c1-7-5-6-10(15)12(13(7)16)14(17)11-8-3-2-4-9(8)11/h5-6,8-9,11,14,17H,2-4H2,1H3. The Bertz CT molecular complexity index is 448. The fourth-order valence-corrected chi connectivity index (χ4v) is 3.49. The number of hydrogen-bond acceptors (Lipinski definition) is 1. The highest BCUT2D eigenvalue weighted by Crippen LogP contribution is 2.62. The monoisotopic (exact) mass is 238 g/mol. The summed E-state index contributed by atoms with van der Waals surface area (Å²) in [7, 11) is 0. The lowest BCUT2D eigenvalue weighted by molar-refractivity contribution is 0.128. The predicted octanol–water partition coefficient (Wildman–Crippen LogP) is 3.35. The van der Waals surface area contributed by atoms with Crippen molar-refractivity contribution in [2.45, 2.75) is 32.3 Å². The number of hydrogen-bond donors (Lipinski definition) is 1. The Hall–Kier alpha value is -0.960. The number of halogens is 2. The Morgan fingerprint density at radius 3 is 2.53 bits per heavy atom. The molecule has 0 heterocycles. The molecule has 2 fully saturated rings. The Balaban J connectivity index is 1.91. The molecular weight excluding hydrogens is 222 g/mol. The topological polar surface area (TPSA) is 20.2 Å². The summed E-state index contributed by atoms with van der Waals surface area (Å²) in [6.45, 7) is 1.60. The third-order valence-corrected chi connectivity index (χ3v) is 4.45. The van der Waals surface area contributed by atoms with Crippen LogP contribution in [0, 0.1) is 36.3 Å². The maximum Gasteiger partial charge on any atom is 0.134 e. The largest absolute Gasteiger partial charge is 0.388 e. The summed E-state index contributed by atoms with van der Waals surface area (Å²) in [5.41, 5.74) is 0.274. The van der Waals surface area contributed by atoms with Crippen molar-refractivity contribution in [1.29, 1.82) is 0 Å². The number of aliphatic hydroxyl groups is 1. The summed E-state index contributed by atoms with van der Waals surface area (Å²) >= 11 is 0. The Kier molecular flexibility index (Phi) is 2.47. The number of rotatable bonds is 2. The van der Waals surface area contributed by atoms with Gasteiger partial charge < -0.3 is 5.11 Å². The third-order valence-electron chi connectivity index (χ3n) is 4.45. The van der Waals surface area contributed by atoms with Crippen molar-refractivity contribution in [2.75, 3.05) is 0 Å². The highest BCUT2D eigenvalue weighted by atomic mass is 19.1. The van der Waals surface area contributed by atoms with Crippen molar-refractivity contribution in [2.24, 2.45) is 17.8 Å². The van der Waals surface area contributed by atoms with Crippen LogP contribution in [0.2, 0.25) is 0 Å². The molecule has 2 aliphatic rings. The molecule has 0 amide bonds. The molecule has 3 rings (SSSR count). The van der Waals surface area contributed by atoms with E-state index in [0.717, 1.165) is 12.8 Å². The second-order valence-electron chi connectivity index (χ2n) is 5.37. The maximum absolute atomic E-state index is 13.9. The van der Waals surface area contributed by atoms with Crippen LogP contribution in [0.5, 0.6) is 0 Å². The van der Waals surface area contributed by atoms with E-state index in [1.54, 1.807) is 6.92 Å². The Labute approximate surface area is 99.5 Å². The molecule has 0 bridgehead atoms. The first-order chi connectivity index (χ1) is 8.11. The molecule has 2 saturated carbocycles. The molecule has 0 aromatic heterocycles. The van der Waals surface area contributed by atoms with Gasteiger partial charge in [-0.15, -0.1) is 0 Å². The summed E-state index contributed by atoms with van der Waals surface area (Å²) < 4.78 is 27.5. The lowest BCUT2D eigenvalue weighted by atomic mass is 9.97. The quantitative estimate of drug-likeness (QED) is 0.837. The van der Waals surface area contributed by atoms with Crippen molar-refractivity contribution in [3.05, 3.63) is 34.9 Å². The van der Waals surface area contributed by atoms with Crippen molar-refractivity contribution in [3.8, 4) is 0 Å². The zero-order chi connectivity index (χ0) is 12.2. The summed E-state index contributed by atoms with van der Waals surface area (Å²) in [6.07, 6.45) is 2.42. The summed E-state index contributed by atoms with van der Waals surface area (Å²) in [4.78, 5) is 0. The van der Waals surface area contributed by atoms with E-state index in [2.05, 4.69) is 0 Å². The molecule has 3 unspecified atom stereocenters. The Morgan fingerprint density at radius 1 is 1.24 bits per heavy atom. The number of aryl methyl sites for hydroxylation is 1. The van der Waals surface area contributed by atoms with Gasteiger partial charge in [-0.05, 0) is 49.1 Å². The highest BCUT2D eigenvalue weighted by molar-refractivity contribution is 5.30. The van der Waals surface area contributed by atoms with Crippen LogP contribution < -0.4 is 0 Å². The Morgan fingerprint density at radius 2 is 1.88 bits per heavy atom. The first-order valence-corrected chi connectivity index (χ1v) is 6.24. The fourth-order valence-electron chi connectivity index (χ4n) is 3.49. The van der Waals surface area contributed by atoms with Crippen LogP contribution in [0.4, 0.5) is 8.78 Å². The van der Waals surface area contributed by atoms with Gasteiger partial charge in [0, 0.05) is 0 Å². The fraction of sp³-hybridized carbons (Fsp3) is 0.571. The first kappa shape index (κ1) is 11.1. The molecule has 1 N–H and O–H groups in total. The van der Waals surface area contributed by atoms with Crippen LogP contribution in [0.25, 0.3) is 0 Å². The van der Waals surface area contributed by atoms with Gasteiger partial charge in [0.1, 0.15) is 11.6 Å². The van der Waals surface area contributed by atoms with Crippen LogP contribution in [0.15, 0.2) is 12.1 Å². The van der Waals surface area contributed by atoms with E-state index in [1.807, 2.05) is 0 Å². The van der Waals surface area contributed by atoms with Gasteiger partial charge in [-0.25, -0.2) is 8.78 Å². The lowest BCUT2D eigenvalue weighted by Crippen LogP contribution is -2.10. The van der Waals surface area contributed by atoms with Gasteiger partial charge in [0.2, 0.25) is 0 Å². The lowest BCUT2D eigenvalue weighted by Gasteiger charge is -2.15. The van der Waals surface area contributed by atoms with Gasteiger partial charge in [-0.1, -0.05) is 12.5 Å². The summed E-state index contributed by atoms with van der Waals surface area (Å²) in [5, 5.41) is 10.2. The third kappa shape index (κ3) is 1.60. The minimum atomic E-state index is -0.967. The molecule has 17 heavy (non-hydrogen) atoms. The van der Waals surface area contributed by atoms with E-state index < -0.39 is 17.7 Å². The van der Waals surface area contributed by atoms with Crippen LogP contribution in [0.3, 0.4) is 0 Å². The smallest absolute Gasteiger partial charge is 0.134 e. The summed E-state index contributed by atoms with van der Waals surface area (Å²) in [5.74, 6) is -0.142. The number of fused-ring (bicyclic) bond motifs is 1. The zero-order valence-corrected chi connectivity index (χ0v) is 9.79. The van der Waals surface area contributed by atoms with Crippen LogP contribution in [-0.2, 0) is 0 Å². The molecule has 1 aromatic carbocycles. The molecule has 0 aliphatic heterocycles. The second-order valence-corrected chi connectivity index (χ2v) is 5.37. The first-order valence-electron chi connectivity index (χ1n) is 6.24. The van der Waals surface area contributed by atoms with Crippen molar-refractivity contribution in [3.63, 3.8) is 0 Å². The van der Waals surface area contributed by atoms with E-state index >= 15 is 0 Å². The minimum Gasteiger partial charge on any atom is -0.388 e. The van der Waals surface area contributed by atoms with Gasteiger partial charge in [0.25, 0.3) is 0 Å². The van der Waals surface area contributed by atoms with E-state index in [1.165, 1.54) is 18.6 Å². The number of aliphatic hydroxyl groups excluding tert-OH is 1. The van der Waals surface area contributed by atoms with Gasteiger partial charge in [-0.2, -0.15) is 0 Å². The molecule has 3 heteroatoms. The van der Waals surface area contributed by atoms with Crippen LogP contribution in [-0.4, -0.2) is 5.11 Å². The predicted molar refractivity (Wildman–Crippen MR) is 60.4 cm³/mol. The SMILES string of the molecule is Cc1ccc(F)c(C(O)C2C3CCCC32)c1F. The minimum absolute atomic E-state index is 0.0783. The molecule has 92 valence electrons. The molecule has 2 aliphatic carbocycles. The zero-order valence-electron chi connectivity index (χ0n) is 9.79. The van der Waals surface area contributed by atoms with E-state index in [4.69, 9.17) is 0 Å². The van der Waals surface area contributed by atoms with E-state index in [9.17, 15) is 13.9 Å². The normalized spacial score (nSPS) is 32.4. The maximum atomic E-state index is 13.9. The molecule has 1 aromatic rings. The summed E-state index contributed by atoms with van der Waals surface area (Å²) in [6, 6.07) is 2.66. The van der Waals surface area contributed by atoms with E-state index in [0.29, 0.717) is 17.4 Å². The second kappa shape index (κ2) is 3.77. The molecule has 0 saturated heterocycles. The molecule has 3 atom stereocenters. The molecule has 1 nitrogen and oxygen atoms in total. The van der Waals surface area contributed by atoms with E-state index in [-0.39, 0.29) is 11.5 Å². The van der Waals surface area contributed by atoms with Gasteiger partial charge in [-0.3, -0.25) is 0 Å². The van der Waals surface area contributed by atoms with Gasteiger partial charge >= 0.3 is 0 Å². The van der Waals surface area contributed by atoms with Crippen molar-refractivity contribution in [1.82, 2.24) is 0 Å². The highest BCUT2D eigenvalue weighted by Gasteiger charge is 2.56. The average Bonchev–Trinajstić information content (AvgIpc) is 2.78. The molecule has 0 spiro atoms. The van der Waals surface area contributed by atoms with Crippen molar-refractivity contribution < 1.29 is 13.9 Å². The molecular formula is C14H16F2O. The van der Waals surface area contributed by atoms with Gasteiger partial charge in [0.05, 0.1) is 11.7 Å². The van der Waals surface area contributed by atoms with Crippen molar-refractivity contribution >= 4 is 0 Å². The van der Waals surface area contributed by atoms with Crippen LogP contribution >= 0.6 is 0 Å². The molecule has 0 radical (unpaired) electrons.